The van der Waals surface area contributed by atoms with Crippen molar-refractivity contribution in [2.75, 3.05) is 21.3 Å². The first kappa shape index (κ1) is 15.2. The molecule has 0 fully saturated rings. The summed E-state index contributed by atoms with van der Waals surface area (Å²) in [6, 6.07) is 6.05. The van der Waals surface area contributed by atoms with Crippen molar-refractivity contribution in [3.63, 3.8) is 0 Å². The van der Waals surface area contributed by atoms with E-state index in [0.717, 1.165) is 28.4 Å². The predicted molar refractivity (Wildman–Crippen MR) is 85.9 cm³/mol. The fraction of sp³-hybridized carbons (Fsp3) is 0.333. The predicted octanol–water partition coefficient (Wildman–Crippen LogP) is 4.57. The maximum atomic E-state index is 5.38. The summed E-state index contributed by atoms with van der Waals surface area (Å²) >= 11 is 5.42. The van der Waals surface area contributed by atoms with Gasteiger partial charge < -0.3 is 14.2 Å². The Bertz CT molecular complexity index is 595. The zero-order chi connectivity index (χ0) is 14.7. The van der Waals surface area contributed by atoms with Gasteiger partial charge in [0.15, 0.2) is 11.5 Å². The van der Waals surface area contributed by atoms with E-state index in [4.69, 9.17) is 14.2 Å². The number of rotatable bonds is 5. The molecule has 0 aliphatic carbocycles. The lowest BCUT2D eigenvalue weighted by Gasteiger charge is -2.16. The van der Waals surface area contributed by atoms with Crippen molar-refractivity contribution >= 4 is 27.3 Å². The normalized spacial score (nSPS) is 12.1. The molecule has 108 valence electrons. The molecule has 0 amide bonds. The van der Waals surface area contributed by atoms with E-state index in [1.54, 1.807) is 32.7 Å². The Kier molecular flexibility index (Phi) is 4.94. The van der Waals surface area contributed by atoms with Gasteiger partial charge in [-0.15, -0.1) is 11.3 Å². The Hall–Kier alpha value is -1.20. The number of methoxy groups -OCH3 is 3. The van der Waals surface area contributed by atoms with E-state index in [2.05, 4.69) is 22.9 Å². The molecule has 1 atom stereocenters. The van der Waals surface area contributed by atoms with E-state index >= 15 is 0 Å². The minimum absolute atomic E-state index is 0.108. The summed E-state index contributed by atoms with van der Waals surface area (Å²) in [5.41, 5.74) is 2.31. The van der Waals surface area contributed by atoms with Crippen LogP contribution in [-0.2, 0) is 0 Å². The van der Waals surface area contributed by atoms with Crippen molar-refractivity contribution in [2.45, 2.75) is 11.8 Å². The van der Waals surface area contributed by atoms with Crippen LogP contribution in [0.1, 0.15) is 20.8 Å². The monoisotopic (exact) mass is 356 g/mol. The van der Waals surface area contributed by atoms with Crippen molar-refractivity contribution in [2.24, 2.45) is 0 Å². The summed E-state index contributed by atoms with van der Waals surface area (Å²) in [4.78, 5) is 1.30. The van der Waals surface area contributed by atoms with Gasteiger partial charge in [-0.2, -0.15) is 0 Å². The molecule has 1 aromatic carbocycles. The molecular formula is C15H17BrO3S. The summed E-state index contributed by atoms with van der Waals surface area (Å²) in [6.07, 6.45) is 0. The SMILES string of the molecule is COc1csc(C(Br)c2cc(OC)c(OC)cc2C)c1. The van der Waals surface area contributed by atoms with Crippen LogP contribution in [0.3, 0.4) is 0 Å². The number of halogens is 1. The van der Waals surface area contributed by atoms with Crippen LogP contribution in [0.2, 0.25) is 0 Å². The van der Waals surface area contributed by atoms with Gasteiger partial charge in [-0.05, 0) is 36.2 Å². The van der Waals surface area contributed by atoms with E-state index in [0.29, 0.717) is 0 Å². The number of aryl methyl sites for hydroxylation is 1. The highest BCUT2D eigenvalue weighted by Crippen LogP contribution is 2.41. The van der Waals surface area contributed by atoms with Crippen LogP contribution >= 0.6 is 27.3 Å². The Morgan fingerprint density at radius 1 is 1.00 bits per heavy atom. The largest absolute Gasteiger partial charge is 0.496 e. The lowest BCUT2D eigenvalue weighted by Crippen LogP contribution is -1.98. The van der Waals surface area contributed by atoms with Gasteiger partial charge in [0.25, 0.3) is 0 Å². The van der Waals surface area contributed by atoms with Gasteiger partial charge in [0, 0.05) is 10.3 Å². The van der Waals surface area contributed by atoms with Gasteiger partial charge in [-0.25, -0.2) is 0 Å². The molecule has 2 rings (SSSR count). The molecule has 0 aliphatic rings. The van der Waals surface area contributed by atoms with Crippen molar-refractivity contribution in [3.05, 3.63) is 39.6 Å². The highest BCUT2D eigenvalue weighted by atomic mass is 79.9. The zero-order valence-electron chi connectivity index (χ0n) is 11.9. The fourth-order valence-corrected chi connectivity index (χ4v) is 3.79. The standard InChI is InChI=1S/C15H17BrO3S/c1-9-5-12(18-3)13(19-4)7-11(9)15(16)14-6-10(17-2)8-20-14/h5-8,15H,1-4H3. The molecule has 0 spiro atoms. The molecule has 0 N–H and O–H groups in total. The molecular weight excluding hydrogens is 340 g/mol. The lowest BCUT2D eigenvalue weighted by molar-refractivity contribution is 0.354. The minimum Gasteiger partial charge on any atom is -0.496 e. The Balaban J connectivity index is 2.40. The molecule has 1 aromatic heterocycles. The van der Waals surface area contributed by atoms with E-state index in [1.165, 1.54) is 4.88 Å². The van der Waals surface area contributed by atoms with Crippen molar-refractivity contribution in [3.8, 4) is 17.2 Å². The summed E-state index contributed by atoms with van der Waals surface area (Å²) in [5.74, 6) is 2.37. The number of hydrogen-bond donors (Lipinski definition) is 0. The average Bonchev–Trinajstić information content (AvgIpc) is 2.95. The van der Waals surface area contributed by atoms with Gasteiger partial charge in [-0.1, -0.05) is 15.9 Å². The topological polar surface area (TPSA) is 27.7 Å². The first-order chi connectivity index (χ1) is 9.60. The quantitative estimate of drug-likeness (QED) is 0.734. The van der Waals surface area contributed by atoms with Crippen LogP contribution < -0.4 is 14.2 Å². The van der Waals surface area contributed by atoms with Gasteiger partial charge in [-0.3, -0.25) is 0 Å². The van der Waals surface area contributed by atoms with Crippen LogP contribution in [-0.4, -0.2) is 21.3 Å². The van der Waals surface area contributed by atoms with Gasteiger partial charge in [0.2, 0.25) is 0 Å². The molecule has 0 saturated carbocycles. The van der Waals surface area contributed by atoms with Gasteiger partial charge in [0.05, 0.1) is 26.2 Å². The molecule has 2 aromatic rings. The average molecular weight is 357 g/mol. The summed E-state index contributed by atoms with van der Waals surface area (Å²) in [7, 11) is 4.97. The summed E-state index contributed by atoms with van der Waals surface area (Å²) < 4.78 is 15.9. The third-order valence-electron chi connectivity index (χ3n) is 3.13. The third kappa shape index (κ3) is 2.94. The first-order valence-corrected chi connectivity index (χ1v) is 7.89. The second-order valence-electron chi connectivity index (χ2n) is 4.32. The Morgan fingerprint density at radius 2 is 1.65 bits per heavy atom. The van der Waals surface area contributed by atoms with Gasteiger partial charge in [0.1, 0.15) is 5.75 Å². The summed E-state index contributed by atoms with van der Waals surface area (Å²) in [6.45, 7) is 2.07. The number of ether oxygens (including phenoxy) is 3. The molecule has 5 heteroatoms. The number of hydrogen-bond acceptors (Lipinski definition) is 4. The highest BCUT2D eigenvalue weighted by molar-refractivity contribution is 9.09. The second-order valence-corrected chi connectivity index (χ2v) is 6.17. The molecule has 0 bridgehead atoms. The van der Waals surface area contributed by atoms with Crippen LogP contribution in [0.15, 0.2) is 23.6 Å². The highest BCUT2D eigenvalue weighted by Gasteiger charge is 2.18. The van der Waals surface area contributed by atoms with E-state index in [-0.39, 0.29) is 4.83 Å². The lowest BCUT2D eigenvalue weighted by atomic mass is 10.0. The Morgan fingerprint density at radius 3 is 2.20 bits per heavy atom. The van der Waals surface area contributed by atoms with Crippen LogP contribution in [0.4, 0.5) is 0 Å². The van der Waals surface area contributed by atoms with E-state index in [9.17, 15) is 0 Å². The molecule has 0 radical (unpaired) electrons. The molecule has 3 nitrogen and oxygen atoms in total. The van der Waals surface area contributed by atoms with E-state index in [1.807, 2.05) is 23.6 Å². The van der Waals surface area contributed by atoms with Crippen LogP contribution in [0.25, 0.3) is 0 Å². The molecule has 1 unspecified atom stereocenters. The number of thiophene rings is 1. The summed E-state index contributed by atoms with van der Waals surface area (Å²) in [5, 5.41) is 2.00. The third-order valence-corrected chi connectivity index (χ3v) is 5.39. The zero-order valence-corrected chi connectivity index (χ0v) is 14.3. The number of alkyl halides is 1. The molecule has 0 saturated heterocycles. The molecule has 0 aliphatic heterocycles. The molecule has 20 heavy (non-hydrogen) atoms. The van der Waals surface area contributed by atoms with Crippen LogP contribution in [0.5, 0.6) is 17.2 Å². The first-order valence-electron chi connectivity index (χ1n) is 6.09. The number of benzene rings is 1. The van der Waals surface area contributed by atoms with Crippen molar-refractivity contribution < 1.29 is 14.2 Å². The second kappa shape index (κ2) is 6.50. The van der Waals surface area contributed by atoms with E-state index < -0.39 is 0 Å². The minimum atomic E-state index is 0.108. The maximum Gasteiger partial charge on any atom is 0.161 e. The Labute approximate surface area is 131 Å². The van der Waals surface area contributed by atoms with Crippen molar-refractivity contribution in [1.82, 2.24) is 0 Å². The maximum absolute atomic E-state index is 5.38. The smallest absolute Gasteiger partial charge is 0.161 e. The van der Waals surface area contributed by atoms with Gasteiger partial charge >= 0.3 is 0 Å². The molecule has 1 heterocycles. The van der Waals surface area contributed by atoms with Crippen molar-refractivity contribution in [1.29, 1.82) is 0 Å². The fourth-order valence-electron chi connectivity index (χ4n) is 2.00. The van der Waals surface area contributed by atoms with Crippen LogP contribution in [0, 0.1) is 6.92 Å².